The summed E-state index contributed by atoms with van der Waals surface area (Å²) in [7, 11) is 0. The van der Waals surface area contributed by atoms with Crippen LogP contribution in [0.3, 0.4) is 0 Å². The Balaban J connectivity index is 0.00000192. The first-order valence-electron chi connectivity index (χ1n) is 6.61. The lowest BCUT2D eigenvalue weighted by Gasteiger charge is -2.10. The van der Waals surface area contributed by atoms with Crippen molar-refractivity contribution in [3.63, 3.8) is 0 Å². The van der Waals surface area contributed by atoms with Gasteiger partial charge < -0.3 is 20.5 Å². The van der Waals surface area contributed by atoms with Gasteiger partial charge in [-0.15, -0.1) is 12.4 Å². The molecule has 23 heavy (non-hydrogen) atoms. The molecule has 0 fully saturated rings. The first kappa shape index (κ1) is 17.2. The summed E-state index contributed by atoms with van der Waals surface area (Å²) in [5.74, 6) is 0.758. The molecule has 9 heteroatoms. The van der Waals surface area contributed by atoms with Gasteiger partial charge in [0.05, 0.1) is 11.4 Å². The second kappa shape index (κ2) is 6.51. The molecule has 1 aromatic heterocycles. The normalized spacial score (nSPS) is 11.9. The van der Waals surface area contributed by atoms with Crippen molar-refractivity contribution in [3.05, 3.63) is 32.4 Å². The summed E-state index contributed by atoms with van der Waals surface area (Å²) in [5.41, 5.74) is 7.49. The van der Waals surface area contributed by atoms with Crippen molar-refractivity contribution in [2.75, 3.05) is 17.8 Å². The summed E-state index contributed by atoms with van der Waals surface area (Å²) in [6, 6.07) is 3.22. The molecule has 1 aliphatic rings. The van der Waals surface area contributed by atoms with Gasteiger partial charge in [-0.1, -0.05) is 11.3 Å². The van der Waals surface area contributed by atoms with Gasteiger partial charge in [-0.2, -0.15) is 0 Å². The van der Waals surface area contributed by atoms with Crippen molar-refractivity contribution in [2.24, 2.45) is 0 Å². The zero-order valence-electron chi connectivity index (χ0n) is 12.5. The van der Waals surface area contributed by atoms with E-state index in [1.807, 2.05) is 13.8 Å². The van der Waals surface area contributed by atoms with E-state index >= 15 is 0 Å². The van der Waals surface area contributed by atoms with Crippen molar-refractivity contribution < 1.29 is 14.3 Å². The molecule has 0 spiro atoms. The van der Waals surface area contributed by atoms with Gasteiger partial charge in [-0.25, -0.2) is 0 Å². The van der Waals surface area contributed by atoms with Crippen LogP contribution >= 0.6 is 23.7 Å². The number of benzene rings is 1. The van der Waals surface area contributed by atoms with Crippen LogP contribution in [0.4, 0.5) is 11.4 Å². The fraction of sp³-hybridized carbons (Fsp3) is 0.286. The van der Waals surface area contributed by atoms with Crippen LogP contribution in [0.5, 0.6) is 11.5 Å². The van der Waals surface area contributed by atoms with E-state index in [9.17, 15) is 9.59 Å². The second-order valence-corrected chi connectivity index (χ2v) is 6.10. The minimum absolute atomic E-state index is 0. The second-order valence-electron chi connectivity index (χ2n) is 4.94. The SMILES string of the molecule is Cc1sc(=O)n(CC(=O)Nc2cc3c(cc2N)OCO3)c1C.Cl. The number of rotatable bonds is 3. The Morgan fingerprint density at radius 1 is 1.35 bits per heavy atom. The average Bonchev–Trinajstić information content (AvgIpc) is 2.99. The zero-order valence-corrected chi connectivity index (χ0v) is 14.2. The molecule has 2 aromatic rings. The molecular formula is C14H16ClN3O4S. The minimum atomic E-state index is -0.325. The third kappa shape index (κ3) is 3.27. The predicted molar refractivity (Wildman–Crippen MR) is 90.9 cm³/mol. The molecule has 1 amide bonds. The summed E-state index contributed by atoms with van der Waals surface area (Å²) in [5, 5.41) is 2.70. The molecule has 3 rings (SSSR count). The number of ether oxygens (including phenoxy) is 2. The molecular weight excluding hydrogens is 342 g/mol. The van der Waals surface area contributed by atoms with E-state index in [0.717, 1.165) is 21.9 Å². The monoisotopic (exact) mass is 357 g/mol. The molecule has 0 saturated carbocycles. The summed E-state index contributed by atoms with van der Waals surface area (Å²) in [4.78, 5) is 24.7. The summed E-state index contributed by atoms with van der Waals surface area (Å²) >= 11 is 1.13. The first-order valence-corrected chi connectivity index (χ1v) is 7.43. The number of nitrogens with two attached hydrogens (primary N) is 1. The molecule has 0 unspecified atom stereocenters. The summed E-state index contributed by atoms with van der Waals surface area (Å²) in [6.45, 7) is 3.75. The highest BCUT2D eigenvalue weighted by Crippen LogP contribution is 2.38. The number of nitrogens with one attached hydrogen (secondary N) is 1. The Kier molecular flexibility index (Phi) is 4.86. The first-order chi connectivity index (χ1) is 10.5. The number of nitrogens with zero attached hydrogens (tertiary/aromatic N) is 1. The quantitative estimate of drug-likeness (QED) is 0.818. The van der Waals surface area contributed by atoms with Crippen molar-refractivity contribution in [2.45, 2.75) is 20.4 Å². The molecule has 2 heterocycles. The number of nitrogen functional groups attached to an aromatic ring is 1. The maximum absolute atomic E-state index is 12.2. The number of thiazole rings is 1. The van der Waals surface area contributed by atoms with Gasteiger partial charge in [0.25, 0.3) is 0 Å². The number of halogens is 1. The predicted octanol–water partition coefficient (Wildman–Crippen LogP) is 1.90. The lowest BCUT2D eigenvalue weighted by atomic mass is 10.2. The number of fused-ring (bicyclic) bond motifs is 1. The van der Waals surface area contributed by atoms with Crippen molar-refractivity contribution >= 4 is 41.0 Å². The lowest BCUT2D eigenvalue weighted by Crippen LogP contribution is -2.25. The Morgan fingerprint density at radius 2 is 2.00 bits per heavy atom. The van der Waals surface area contributed by atoms with Crippen LogP contribution in [0, 0.1) is 13.8 Å². The molecule has 1 aliphatic heterocycles. The number of hydrogen-bond donors (Lipinski definition) is 2. The molecule has 3 N–H and O–H groups in total. The van der Waals surface area contributed by atoms with Gasteiger partial charge >= 0.3 is 4.87 Å². The highest BCUT2D eigenvalue weighted by molar-refractivity contribution is 7.09. The Hall–Kier alpha value is -2.19. The molecule has 0 bridgehead atoms. The van der Waals surface area contributed by atoms with E-state index in [1.54, 1.807) is 12.1 Å². The van der Waals surface area contributed by atoms with E-state index in [-0.39, 0.29) is 36.5 Å². The number of aromatic nitrogens is 1. The largest absolute Gasteiger partial charge is 0.454 e. The maximum Gasteiger partial charge on any atom is 0.308 e. The van der Waals surface area contributed by atoms with E-state index in [2.05, 4.69) is 5.32 Å². The molecule has 0 saturated heterocycles. The molecule has 1 aromatic carbocycles. The zero-order chi connectivity index (χ0) is 15.9. The topological polar surface area (TPSA) is 95.6 Å². The van der Waals surface area contributed by atoms with Gasteiger partial charge in [0.1, 0.15) is 6.54 Å². The standard InChI is InChI=1S/C14H15N3O4S.ClH/c1-7-8(2)22-14(19)17(7)5-13(18)16-10-4-12-11(3-9(10)15)20-6-21-12;/h3-4H,5-6,15H2,1-2H3,(H,16,18);1H. The third-order valence-corrected chi connectivity index (χ3v) is 4.49. The van der Waals surface area contributed by atoms with Gasteiger partial charge in [-0.3, -0.25) is 14.2 Å². The van der Waals surface area contributed by atoms with Gasteiger partial charge in [-0.05, 0) is 13.8 Å². The van der Waals surface area contributed by atoms with Crippen LogP contribution in [0.1, 0.15) is 10.6 Å². The fourth-order valence-corrected chi connectivity index (χ4v) is 3.00. The van der Waals surface area contributed by atoms with Crippen molar-refractivity contribution in [1.82, 2.24) is 4.57 Å². The Bertz CT molecular complexity index is 815. The Labute approximate surface area is 142 Å². The third-order valence-electron chi connectivity index (χ3n) is 3.50. The van der Waals surface area contributed by atoms with Gasteiger partial charge in [0.2, 0.25) is 12.7 Å². The van der Waals surface area contributed by atoms with E-state index < -0.39 is 0 Å². The molecule has 124 valence electrons. The molecule has 0 atom stereocenters. The van der Waals surface area contributed by atoms with Crippen LogP contribution in [0.2, 0.25) is 0 Å². The van der Waals surface area contributed by atoms with Crippen molar-refractivity contribution in [3.8, 4) is 11.5 Å². The molecule has 7 nitrogen and oxygen atoms in total. The molecule has 0 aliphatic carbocycles. The summed E-state index contributed by atoms with van der Waals surface area (Å²) in [6.07, 6.45) is 0. The number of anilines is 2. The number of carbonyl (C=O) groups excluding carboxylic acids is 1. The van der Waals surface area contributed by atoms with Crippen LogP contribution < -0.4 is 25.4 Å². The highest BCUT2D eigenvalue weighted by atomic mass is 35.5. The maximum atomic E-state index is 12.2. The van der Waals surface area contributed by atoms with Crippen LogP contribution in [0.15, 0.2) is 16.9 Å². The fourth-order valence-electron chi connectivity index (χ4n) is 2.17. The van der Waals surface area contributed by atoms with Gasteiger partial charge in [0.15, 0.2) is 11.5 Å². The lowest BCUT2D eigenvalue weighted by molar-refractivity contribution is -0.116. The number of hydrogen-bond acceptors (Lipinski definition) is 6. The number of aryl methyl sites for hydroxylation is 1. The molecule has 0 radical (unpaired) electrons. The van der Waals surface area contributed by atoms with E-state index in [4.69, 9.17) is 15.2 Å². The Morgan fingerprint density at radius 3 is 2.61 bits per heavy atom. The number of amides is 1. The smallest absolute Gasteiger partial charge is 0.308 e. The van der Waals surface area contributed by atoms with Crippen LogP contribution in [0.25, 0.3) is 0 Å². The van der Waals surface area contributed by atoms with Crippen molar-refractivity contribution in [1.29, 1.82) is 0 Å². The number of carbonyl (C=O) groups is 1. The average molecular weight is 358 g/mol. The van der Waals surface area contributed by atoms with E-state index in [1.165, 1.54) is 4.57 Å². The van der Waals surface area contributed by atoms with Crippen LogP contribution in [-0.2, 0) is 11.3 Å². The van der Waals surface area contributed by atoms with E-state index in [0.29, 0.717) is 22.9 Å². The minimum Gasteiger partial charge on any atom is -0.454 e. The van der Waals surface area contributed by atoms with Crippen LogP contribution in [-0.4, -0.2) is 17.3 Å². The summed E-state index contributed by atoms with van der Waals surface area (Å²) < 4.78 is 11.9. The van der Waals surface area contributed by atoms with Gasteiger partial charge in [0, 0.05) is 22.7 Å². The highest BCUT2D eigenvalue weighted by Gasteiger charge is 2.18.